The number of aliphatic carboxylic acids is 1. The van der Waals surface area contributed by atoms with Gasteiger partial charge in [-0.05, 0) is 84.1 Å². The summed E-state index contributed by atoms with van der Waals surface area (Å²) in [5.41, 5.74) is 8.40. The fourth-order valence-electron chi connectivity index (χ4n) is 5.11. The summed E-state index contributed by atoms with van der Waals surface area (Å²) in [6, 6.07) is 8.58. The summed E-state index contributed by atoms with van der Waals surface area (Å²) in [7, 11) is 0. The highest BCUT2D eigenvalue weighted by molar-refractivity contribution is 6.09. The molecule has 1 aliphatic carbocycles. The zero-order valence-electron chi connectivity index (χ0n) is 20.2. The number of anilines is 1. The Hall–Kier alpha value is -2.96. The number of benzene rings is 1. The van der Waals surface area contributed by atoms with Crippen molar-refractivity contribution in [1.29, 1.82) is 0 Å². The number of carboxylic acids is 1. The number of aromatic nitrogens is 2. The average Bonchev–Trinajstić information content (AvgIpc) is 2.73. The predicted octanol–water partition coefficient (Wildman–Crippen LogP) is 5.43. The second kappa shape index (κ2) is 8.43. The standard InChI is InChI=1S/C26H34N4O3/c1-15-28-22(27)20-23(29-15)33-26(4,5)21(30-20)19-12-10-18(11-13-19)17-8-6-16(7-9-17)14-25(2,3)24(31)32/h10-13,16-17H,6-9,14H2,1-5H3,(H,31,32)(H2,27,28,29)/t16-,17-. The lowest BCUT2D eigenvalue weighted by atomic mass is 9.72. The average molecular weight is 451 g/mol. The Morgan fingerprint density at radius 3 is 2.39 bits per heavy atom. The Labute approximate surface area is 195 Å². The van der Waals surface area contributed by atoms with E-state index in [1.807, 2.05) is 27.7 Å². The molecular formula is C26H34N4O3. The lowest BCUT2D eigenvalue weighted by Gasteiger charge is -2.33. The smallest absolute Gasteiger partial charge is 0.309 e. The van der Waals surface area contributed by atoms with Crippen molar-refractivity contribution in [3.8, 4) is 5.88 Å². The third kappa shape index (κ3) is 4.72. The zero-order chi connectivity index (χ0) is 24.0. The number of aryl methyl sites for hydroxylation is 1. The van der Waals surface area contributed by atoms with Gasteiger partial charge in [0.2, 0.25) is 5.88 Å². The minimum atomic E-state index is -0.705. The Morgan fingerprint density at radius 1 is 1.15 bits per heavy atom. The molecule has 0 unspecified atom stereocenters. The molecule has 3 N–H and O–H groups in total. The normalized spacial score (nSPS) is 22.2. The first-order valence-electron chi connectivity index (χ1n) is 11.7. The van der Waals surface area contributed by atoms with Crippen molar-refractivity contribution in [2.24, 2.45) is 16.3 Å². The predicted molar refractivity (Wildman–Crippen MR) is 129 cm³/mol. The van der Waals surface area contributed by atoms with Crippen LogP contribution in [0, 0.1) is 18.3 Å². The second-order valence-electron chi connectivity index (χ2n) is 10.6. The molecule has 7 heteroatoms. The van der Waals surface area contributed by atoms with Crippen LogP contribution < -0.4 is 10.5 Å². The molecule has 7 nitrogen and oxygen atoms in total. The van der Waals surface area contributed by atoms with Crippen LogP contribution in [0.2, 0.25) is 0 Å². The van der Waals surface area contributed by atoms with E-state index >= 15 is 0 Å². The zero-order valence-corrected chi connectivity index (χ0v) is 20.2. The number of hydrogen-bond donors (Lipinski definition) is 2. The molecule has 2 heterocycles. The number of nitrogens with zero attached hydrogens (tertiary/aromatic N) is 3. The van der Waals surface area contributed by atoms with Crippen LogP contribution in [0.25, 0.3) is 0 Å². The lowest BCUT2D eigenvalue weighted by molar-refractivity contribution is -0.148. The summed E-state index contributed by atoms with van der Waals surface area (Å²) in [4.78, 5) is 24.8. The molecule has 1 saturated carbocycles. The van der Waals surface area contributed by atoms with Crippen LogP contribution in [0.5, 0.6) is 5.88 Å². The number of rotatable bonds is 5. The maximum Gasteiger partial charge on any atom is 0.309 e. The van der Waals surface area contributed by atoms with Crippen molar-refractivity contribution in [3.05, 3.63) is 41.2 Å². The van der Waals surface area contributed by atoms with Crippen LogP contribution in [-0.4, -0.2) is 32.4 Å². The maximum absolute atomic E-state index is 11.5. The van der Waals surface area contributed by atoms with Crippen LogP contribution in [-0.2, 0) is 4.79 Å². The fraction of sp³-hybridized carbons (Fsp3) is 0.538. The van der Waals surface area contributed by atoms with Crippen molar-refractivity contribution < 1.29 is 14.6 Å². The summed E-state index contributed by atoms with van der Waals surface area (Å²) >= 11 is 0. The van der Waals surface area contributed by atoms with E-state index in [0.29, 0.717) is 35.0 Å². The Balaban J connectivity index is 1.49. The number of carbonyl (C=O) groups is 1. The molecule has 33 heavy (non-hydrogen) atoms. The van der Waals surface area contributed by atoms with E-state index in [9.17, 15) is 9.90 Å². The number of nitrogen functional groups attached to an aromatic ring is 1. The topological polar surface area (TPSA) is 111 Å². The van der Waals surface area contributed by atoms with Crippen LogP contribution in [0.1, 0.15) is 82.7 Å². The molecule has 0 atom stereocenters. The molecule has 2 aromatic rings. The molecule has 2 aliphatic rings. The molecule has 1 aromatic carbocycles. The van der Waals surface area contributed by atoms with Gasteiger partial charge in [0.05, 0.1) is 11.1 Å². The van der Waals surface area contributed by atoms with Crippen molar-refractivity contribution >= 4 is 23.2 Å². The van der Waals surface area contributed by atoms with Gasteiger partial charge >= 0.3 is 5.97 Å². The van der Waals surface area contributed by atoms with Crippen molar-refractivity contribution in [2.45, 2.75) is 78.2 Å². The first kappa shape index (κ1) is 23.2. The molecule has 0 saturated heterocycles. The van der Waals surface area contributed by atoms with E-state index in [1.165, 1.54) is 5.56 Å². The minimum absolute atomic E-state index is 0.324. The molecule has 0 radical (unpaired) electrons. The highest BCUT2D eigenvalue weighted by Gasteiger charge is 2.36. The number of carboxylic acid groups (broad SMARTS) is 1. The van der Waals surface area contributed by atoms with E-state index in [0.717, 1.165) is 43.4 Å². The fourth-order valence-corrected chi connectivity index (χ4v) is 5.11. The van der Waals surface area contributed by atoms with Crippen molar-refractivity contribution in [2.75, 3.05) is 5.73 Å². The Kier molecular flexibility index (Phi) is 5.93. The van der Waals surface area contributed by atoms with Gasteiger partial charge in [0.25, 0.3) is 0 Å². The van der Waals surface area contributed by atoms with Crippen molar-refractivity contribution in [3.63, 3.8) is 0 Å². The lowest BCUT2D eigenvalue weighted by Crippen LogP contribution is -2.41. The van der Waals surface area contributed by atoms with Crippen LogP contribution in [0.15, 0.2) is 29.3 Å². The highest BCUT2D eigenvalue weighted by Crippen LogP contribution is 2.42. The van der Waals surface area contributed by atoms with Gasteiger partial charge in [0, 0.05) is 5.56 Å². The first-order chi connectivity index (χ1) is 15.5. The second-order valence-corrected chi connectivity index (χ2v) is 10.6. The highest BCUT2D eigenvalue weighted by atomic mass is 16.5. The quantitative estimate of drug-likeness (QED) is 0.628. The number of hydrogen-bond acceptors (Lipinski definition) is 6. The molecular weight excluding hydrogens is 416 g/mol. The molecule has 176 valence electrons. The van der Waals surface area contributed by atoms with Gasteiger partial charge in [0.1, 0.15) is 11.4 Å². The van der Waals surface area contributed by atoms with Gasteiger partial charge < -0.3 is 15.6 Å². The van der Waals surface area contributed by atoms with Gasteiger partial charge in [-0.3, -0.25) is 4.79 Å². The van der Waals surface area contributed by atoms with Gasteiger partial charge in [-0.15, -0.1) is 0 Å². The number of fused-ring (bicyclic) bond motifs is 1. The third-order valence-corrected chi connectivity index (χ3v) is 7.02. The summed E-state index contributed by atoms with van der Waals surface area (Å²) < 4.78 is 6.16. The molecule has 0 amide bonds. The molecule has 4 rings (SSSR count). The number of aliphatic imine (C=N–C) groups is 1. The van der Waals surface area contributed by atoms with E-state index in [2.05, 4.69) is 34.2 Å². The number of ether oxygens (including phenoxy) is 1. The molecule has 0 spiro atoms. The van der Waals surface area contributed by atoms with E-state index in [1.54, 1.807) is 6.92 Å². The summed E-state index contributed by atoms with van der Waals surface area (Å²) in [6.45, 7) is 9.41. The van der Waals surface area contributed by atoms with Crippen LogP contribution in [0.3, 0.4) is 0 Å². The molecule has 0 bridgehead atoms. The summed E-state index contributed by atoms with van der Waals surface area (Å²) in [6.07, 6.45) is 5.08. The van der Waals surface area contributed by atoms with Gasteiger partial charge in [-0.1, -0.05) is 24.3 Å². The minimum Gasteiger partial charge on any atom is -0.481 e. The van der Waals surface area contributed by atoms with Gasteiger partial charge in [-0.25, -0.2) is 9.98 Å². The Bertz CT molecular complexity index is 1080. The van der Waals surface area contributed by atoms with Crippen LogP contribution in [0.4, 0.5) is 11.5 Å². The van der Waals surface area contributed by atoms with Crippen molar-refractivity contribution in [1.82, 2.24) is 9.97 Å². The van der Waals surface area contributed by atoms with Gasteiger partial charge in [0.15, 0.2) is 11.5 Å². The maximum atomic E-state index is 11.5. The summed E-state index contributed by atoms with van der Waals surface area (Å²) in [5, 5.41) is 9.42. The SMILES string of the molecule is Cc1nc(N)c2c(n1)OC(C)(C)C(c1ccc([C@H]3CC[C@H](CC(C)(C)C(=O)O)CC3)cc1)=N2. The molecule has 1 aromatic heterocycles. The van der Waals surface area contributed by atoms with E-state index in [-0.39, 0.29) is 0 Å². The van der Waals surface area contributed by atoms with Crippen LogP contribution >= 0.6 is 0 Å². The molecule has 1 aliphatic heterocycles. The summed E-state index contributed by atoms with van der Waals surface area (Å²) in [5.74, 6) is 1.60. The van der Waals surface area contributed by atoms with E-state index in [4.69, 9.17) is 15.5 Å². The monoisotopic (exact) mass is 450 g/mol. The van der Waals surface area contributed by atoms with Gasteiger partial charge in [-0.2, -0.15) is 4.98 Å². The third-order valence-electron chi connectivity index (χ3n) is 7.02. The molecule has 1 fully saturated rings. The number of nitrogens with two attached hydrogens (primary N) is 1. The largest absolute Gasteiger partial charge is 0.481 e. The van der Waals surface area contributed by atoms with E-state index < -0.39 is 17.0 Å². The Morgan fingerprint density at radius 2 is 1.79 bits per heavy atom. The first-order valence-corrected chi connectivity index (χ1v) is 11.7.